The molecule has 1 atom stereocenters. The molecule has 6 nitrogen and oxygen atoms in total. The van der Waals surface area contributed by atoms with Crippen molar-refractivity contribution >= 4 is 15.9 Å². The minimum absolute atomic E-state index is 0.0722. The molecule has 2 N–H and O–H groups in total. The highest BCUT2D eigenvalue weighted by atomic mass is 32.2. The number of hydrogen-bond donors (Lipinski definition) is 2. The first-order valence-corrected chi connectivity index (χ1v) is 8.66. The maximum Gasteiger partial charge on any atom is 0.254 e. The monoisotopic (exact) mass is 323 g/mol. The lowest BCUT2D eigenvalue weighted by atomic mass is 10.1. The largest absolute Gasteiger partial charge is 0.333 e. The molecule has 0 bridgehead atoms. The Kier molecular flexibility index (Phi) is 5.33. The molecule has 1 heterocycles. The van der Waals surface area contributed by atoms with Crippen LogP contribution < -0.4 is 10.0 Å². The third kappa shape index (κ3) is 3.73. The van der Waals surface area contributed by atoms with Crippen molar-refractivity contribution in [3.8, 4) is 0 Å². The van der Waals surface area contributed by atoms with Crippen LogP contribution in [0.2, 0.25) is 0 Å². The number of nitrogens with zero attached hydrogens (tertiary/aromatic N) is 1. The van der Waals surface area contributed by atoms with Gasteiger partial charge in [0.05, 0.1) is 4.90 Å². The molecule has 1 amide bonds. The quantitative estimate of drug-likeness (QED) is 0.777. The molecule has 1 saturated heterocycles. The minimum atomic E-state index is -3.56. The molecule has 0 unspecified atom stereocenters. The summed E-state index contributed by atoms with van der Waals surface area (Å²) in [7, 11) is -3.56. The van der Waals surface area contributed by atoms with Gasteiger partial charge in [0.15, 0.2) is 0 Å². The van der Waals surface area contributed by atoms with Gasteiger partial charge < -0.3 is 10.2 Å². The van der Waals surface area contributed by atoms with E-state index in [-0.39, 0.29) is 23.4 Å². The molecule has 1 aromatic carbocycles. The molecule has 0 radical (unpaired) electrons. The molecular formula is C15H21N3O3S. The zero-order valence-electron chi connectivity index (χ0n) is 12.6. The number of amides is 1. The Hall–Kier alpha value is -1.70. The Morgan fingerprint density at radius 3 is 2.73 bits per heavy atom. The molecule has 2 rings (SSSR count). The van der Waals surface area contributed by atoms with Crippen LogP contribution in [0.5, 0.6) is 0 Å². The van der Waals surface area contributed by atoms with E-state index in [4.69, 9.17) is 0 Å². The summed E-state index contributed by atoms with van der Waals surface area (Å²) in [5.74, 6) is -0.0722. The van der Waals surface area contributed by atoms with E-state index in [9.17, 15) is 13.2 Å². The van der Waals surface area contributed by atoms with Gasteiger partial charge in [-0.1, -0.05) is 6.08 Å². The van der Waals surface area contributed by atoms with Gasteiger partial charge in [0, 0.05) is 37.8 Å². The first-order valence-electron chi connectivity index (χ1n) is 7.18. The SMILES string of the molecule is C=CCNS(=O)(=O)c1ccc(C(=O)N2CCNC[C@H]2C)cc1. The van der Waals surface area contributed by atoms with Crippen molar-refractivity contribution < 1.29 is 13.2 Å². The van der Waals surface area contributed by atoms with Gasteiger partial charge in [-0.05, 0) is 31.2 Å². The van der Waals surface area contributed by atoms with Crippen molar-refractivity contribution in [2.24, 2.45) is 0 Å². The van der Waals surface area contributed by atoms with Crippen molar-refractivity contribution in [2.75, 3.05) is 26.2 Å². The van der Waals surface area contributed by atoms with Crippen LogP contribution in [0.15, 0.2) is 41.8 Å². The standard InChI is InChI=1S/C15H21N3O3S/c1-3-8-17-22(20,21)14-6-4-13(5-7-14)15(19)18-10-9-16-11-12(18)2/h3-7,12,16-17H,1,8-11H2,2H3/t12-/m1/s1. The summed E-state index contributed by atoms with van der Waals surface area (Å²) >= 11 is 0. The van der Waals surface area contributed by atoms with Crippen molar-refractivity contribution in [3.63, 3.8) is 0 Å². The number of piperazine rings is 1. The molecule has 1 fully saturated rings. The second-order valence-electron chi connectivity index (χ2n) is 5.22. The van der Waals surface area contributed by atoms with Crippen LogP contribution in [-0.2, 0) is 10.0 Å². The second kappa shape index (κ2) is 7.04. The van der Waals surface area contributed by atoms with E-state index >= 15 is 0 Å². The summed E-state index contributed by atoms with van der Waals surface area (Å²) < 4.78 is 26.3. The average Bonchev–Trinajstić information content (AvgIpc) is 2.53. The maximum absolute atomic E-state index is 12.5. The van der Waals surface area contributed by atoms with E-state index in [0.29, 0.717) is 12.1 Å². The van der Waals surface area contributed by atoms with E-state index in [1.807, 2.05) is 6.92 Å². The fourth-order valence-corrected chi connectivity index (χ4v) is 3.34. The summed E-state index contributed by atoms with van der Waals surface area (Å²) in [6, 6.07) is 6.13. The Morgan fingerprint density at radius 2 is 2.14 bits per heavy atom. The smallest absolute Gasteiger partial charge is 0.254 e. The molecule has 0 aliphatic carbocycles. The predicted molar refractivity (Wildman–Crippen MR) is 85.2 cm³/mol. The van der Waals surface area contributed by atoms with Gasteiger partial charge >= 0.3 is 0 Å². The highest BCUT2D eigenvalue weighted by molar-refractivity contribution is 7.89. The Morgan fingerprint density at radius 1 is 1.45 bits per heavy atom. The lowest BCUT2D eigenvalue weighted by molar-refractivity contribution is 0.0655. The van der Waals surface area contributed by atoms with E-state index < -0.39 is 10.0 Å². The van der Waals surface area contributed by atoms with Gasteiger partial charge in [-0.15, -0.1) is 6.58 Å². The van der Waals surface area contributed by atoms with Gasteiger partial charge in [0.2, 0.25) is 10.0 Å². The van der Waals surface area contributed by atoms with Gasteiger partial charge in [0.25, 0.3) is 5.91 Å². The van der Waals surface area contributed by atoms with Crippen LogP contribution in [0.4, 0.5) is 0 Å². The third-order valence-corrected chi connectivity index (χ3v) is 5.03. The van der Waals surface area contributed by atoms with Gasteiger partial charge in [0.1, 0.15) is 0 Å². The summed E-state index contributed by atoms with van der Waals surface area (Å²) in [5, 5.41) is 3.23. The average molecular weight is 323 g/mol. The molecule has 0 aromatic heterocycles. The first-order chi connectivity index (χ1) is 10.5. The fourth-order valence-electron chi connectivity index (χ4n) is 2.34. The van der Waals surface area contributed by atoms with E-state index in [1.165, 1.54) is 18.2 Å². The van der Waals surface area contributed by atoms with E-state index in [0.717, 1.165) is 13.1 Å². The van der Waals surface area contributed by atoms with Crippen LogP contribution >= 0.6 is 0 Å². The zero-order valence-corrected chi connectivity index (χ0v) is 13.4. The minimum Gasteiger partial charge on any atom is -0.333 e. The lowest BCUT2D eigenvalue weighted by Crippen LogP contribution is -2.52. The summed E-state index contributed by atoms with van der Waals surface area (Å²) in [4.78, 5) is 14.4. The summed E-state index contributed by atoms with van der Waals surface area (Å²) in [5.41, 5.74) is 0.497. The number of sulfonamides is 1. The van der Waals surface area contributed by atoms with Crippen LogP contribution in [-0.4, -0.2) is 51.4 Å². The maximum atomic E-state index is 12.5. The summed E-state index contributed by atoms with van der Waals surface area (Å²) in [6.07, 6.45) is 1.47. The van der Waals surface area contributed by atoms with Gasteiger partial charge in [-0.3, -0.25) is 4.79 Å². The van der Waals surface area contributed by atoms with Crippen molar-refractivity contribution in [1.29, 1.82) is 0 Å². The zero-order chi connectivity index (χ0) is 16.2. The van der Waals surface area contributed by atoms with Crippen LogP contribution in [0.25, 0.3) is 0 Å². The highest BCUT2D eigenvalue weighted by Gasteiger charge is 2.24. The molecule has 22 heavy (non-hydrogen) atoms. The topological polar surface area (TPSA) is 78.5 Å². The number of hydrogen-bond acceptors (Lipinski definition) is 4. The lowest BCUT2D eigenvalue weighted by Gasteiger charge is -2.34. The number of carbonyl (C=O) groups excluding carboxylic acids is 1. The van der Waals surface area contributed by atoms with Crippen molar-refractivity contribution in [3.05, 3.63) is 42.5 Å². The molecule has 1 aliphatic heterocycles. The number of nitrogens with one attached hydrogen (secondary N) is 2. The Balaban J connectivity index is 2.14. The van der Waals surface area contributed by atoms with Crippen LogP contribution in [0.1, 0.15) is 17.3 Å². The molecule has 0 saturated carbocycles. The third-order valence-electron chi connectivity index (χ3n) is 3.59. The predicted octanol–water partition coefficient (Wildman–Crippen LogP) is 0.585. The van der Waals surface area contributed by atoms with E-state index in [1.54, 1.807) is 17.0 Å². The van der Waals surface area contributed by atoms with E-state index in [2.05, 4.69) is 16.6 Å². The molecule has 120 valence electrons. The number of carbonyl (C=O) groups is 1. The second-order valence-corrected chi connectivity index (χ2v) is 6.98. The normalized spacial score (nSPS) is 19.0. The Bertz CT molecular complexity index is 641. The number of benzene rings is 1. The van der Waals surface area contributed by atoms with Crippen LogP contribution in [0.3, 0.4) is 0 Å². The molecule has 1 aromatic rings. The molecule has 1 aliphatic rings. The summed E-state index contributed by atoms with van der Waals surface area (Å²) in [6.45, 7) is 7.82. The van der Waals surface area contributed by atoms with Crippen molar-refractivity contribution in [2.45, 2.75) is 17.9 Å². The van der Waals surface area contributed by atoms with Gasteiger partial charge in [-0.25, -0.2) is 13.1 Å². The number of rotatable bonds is 5. The molecule has 0 spiro atoms. The van der Waals surface area contributed by atoms with Crippen molar-refractivity contribution in [1.82, 2.24) is 14.9 Å². The Labute approximate surface area is 131 Å². The van der Waals surface area contributed by atoms with Crippen LogP contribution in [0, 0.1) is 0 Å². The molecule has 7 heteroatoms. The molecular weight excluding hydrogens is 302 g/mol. The highest BCUT2D eigenvalue weighted by Crippen LogP contribution is 2.14. The fraction of sp³-hybridized carbons (Fsp3) is 0.400. The van der Waals surface area contributed by atoms with Gasteiger partial charge in [-0.2, -0.15) is 0 Å². The first kappa shape index (κ1) is 16.7.